The molecule has 0 unspecified atom stereocenters. The molecule has 3 aromatic rings. The van der Waals surface area contributed by atoms with Crippen LogP contribution in [0.25, 0.3) is 10.9 Å². The maximum Gasteiger partial charge on any atom is 0.263 e. The number of hydrogen-bond donors (Lipinski definition) is 0. The predicted octanol–water partition coefficient (Wildman–Crippen LogP) is 2.18. The van der Waals surface area contributed by atoms with Crippen LogP contribution in [0.3, 0.4) is 0 Å². The van der Waals surface area contributed by atoms with Crippen molar-refractivity contribution < 1.29 is 4.79 Å². The Morgan fingerprint density at radius 2 is 1.65 bits per heavy atom. The number of likely N-dealkylation sites (N-methyl/N-ethyl adjacent to an activating group) is 1. The Morgan fingerprint density at radius 3 is 2.35 bits per heavy atom. The lowest BCUT2D eigenvalue weighted by atomic mass is 10.1. The summed E-state index contributed by atoms with van der Waals surface area (Å²) < 4.78 is 1.65. The molecule has 1 spiro atoms. The van der Waals surface area contributed by atoms with Crippen LogP contribution in [0.15, 0.2) is 53.3 Å². The van der Waals surface area contributed by atoms with E-state index in [0.29, 0.717) is 36.2 Å². The van der Waals surface area contributed by atoms with E-state index in [1.807, 2.05) is 18.2 Å². The van der Waals surface area contributed by atoms with E-state index < -0.39 is 5.54 Å². The standard InChI is InChI=1S/C24H25N5O2/c1-26-12-14-27(15-13-26)18-8-6-17(7-9-18)16-28-22(31)24(10-11-24)29-21(30)19-4-2-3-5-20(19)25-23(28)29/h2-9H,10-16H2,1H3. The second kappa shape index (κ2) is 6.65. The summed E-state index contributed by atoms with van der Waals surface area (Å²) in [7, 11) is 2.15. The number of carbonyl (C=O) groups excluding carboxylic acids is 1. The first-order valence-corrected chi connectivity index (χ1v) is 10.9. The third-order valence-electron chi connectivity index (χ3n) is 6.94. The van der Waals surface area contributed by atoms with E-state index in [0.717, 1.165) is 31.7 Å². The number of anilines is 2. The minimum Gasteiger partial charge on any atom is -0.369 e. The van der Waals surface area contributed by atoms with Crippen molar-refractivity contribution in [2.24, 2.45) is 0 Å². The third kappa shape index (κ3) is 2.80. The highest BCUT2D eigenvalue weighted by molar-refractivity contribution is 6.04. The largest absolute Gasteiger partial charge is 0.369 e. The van der Waals surface area contributed by atoms with Crippen molar-refractivity contribution in [3.8, 4) is 0 Å². The van der Waals surface area contributed by atoms with Gasteiger partial charge in [0.15, 0.2) is 0 Å². The van der Waals surface area contributed by atoms with E-state index >= 15 is 0 Å². The highest BCUT2D eigenvalue weighted by Gasteiger charge is 2.60. The van der Waals surface area contributed by atoms with E-state index in [-0.39, 0.29) is 11.5 Å². The van der Waals surface area contributed by atoms with Gasteiger partial charge in [-0.05, 0) is 49.7 Å². The number of nitrogens with zero attached hydrogens (tertiary/aromatic N) is 5. The predicted molar refractivity (Wildman–Crippen MR) is 121 cm³/mol. The van der Waals surface area contributed by atoms with E-state index in [9.17, 15) is 9.59 Å². The minimum atomic E-state index is -0.719. The molecule has 1 aromatic heterocycles. The fourth-order valence-electron chi connectivity index (χ4n) is 4.88. The topological polar surface area (TPSA) is 61.7 Å². The molecule has 2 fully saturated rings. The van der Waals surface area contributed by atoms with Crippen molar-refractivity contribution in [3.05, 3.63) is 64.4 Å². The van der Waals surface area contributed by atoms with Gasteiger partial charge in [0.05, 0.1) is 17.4 Å². The molecule has 158 valence electrons. The molecule has 2 aromatic carbocycles. The van der Waals surface area contributed by atoms with Gasteiger partial charge in [0.2, 0.25) is 5.95 Å². The molecule has 1 aliphatic carbocycles. The number of fused-ring (bicyclic) bond motifs is 3. The number of aromatic nitrogens is 2. The molecule has 0 radical (unpaired) electrons. The Kier molecular flexibility index (Phi) is 3.99. The van der Waals surface area contributed by atoms with Crippen molar-refractivity contribution in [2.45, 2.75) is 24.9 Å². The molecule has 3 heterocycles. The lowest BCUT2D eigenvalue weighted by Crippen LogP contribution is -2.44. The van der Waals surface area contributed by atoms with Gasteiger partial charge in [-0.2, -0.15) is 0 Å². The number of piperazine rings is 1. The Balaban J connectivity index is 1.33. The molecule has 0 N–H and O–H groups in total. The zero-order valence-electron chi connectivity index (χ0n) is 17.6. The van der Waals surface area contributed by atoms with Crippen molar-refractivity contribution in [2.75, 3.05) is 43.0 Å². The summed E-state index contributed by atoms with van der Waals surface area (Å²) in [6.07, 6.45) is 1.41. The Bertz CT molecular complexity index is 1240. The van der Waals surface area contributed by atoms with Crippen molar-refractivity contribution in [3.63, 3.8) is 0 Å². The highest BCUT2D eigenvalue weighted by atomic mass is 16.2. The summed E-state index contributed by atoms with van der Waals surface area (Å²) >= 11 is 0. The summed E-state index contributed by atoms with van der Waals surface area (Å²) in [5, 5.41) is 0.573. The number of hydrogen-bond acceptors (Lipinski definition) is 5. The van der Waals surface area contributed by atoms with Crippen LogP contribution in [0, 0.1) is 0 Å². The van der Waals surface area contributed by atoms with Gasteiger partial charge in [-0.1, -0.05) is 24.3 Å². The summed E-state index contributed by atoms with van der Waals surface area (Å²) in [5.74, 6) is 0.477. The quantitative estimate of drug-likeness (QED) is 0.656. The molecule has 31 heavy (non-hydrogen) atoms. The van der Waals surface area contributed by atoms with Crippen molar-refractivity contribution >= 4 is 28.4 Å². The molecular weight excluding hydrogens is 390 g/mol. The van der Waals surface area contributed by atoms with Gasteiger partial charge in [0.25, 0.3) is 11.5 Å². The lowest BCUT2D eigenvalue weighted by molar-refractivity contribution is -0.121. The van der Waals surface area contributed by atoms with Gasteiger partial charge >= 0.3 is 0 Å². The van der Waals surface area contributed by atoms with Crippen LogP contribution in [0.1, 0.15) is 18.4 Å². The summed E-state index contributed by atoms with van der Waals surface area (Å²) in [5.41, 5.74) is 2.06. The molecule has 7 nitrogen and oxygen atoms in total. The van der Waals surface area contributed by atoms with Gasteiger partial charge in [0.1, 0.15) is 5.54 Å². The average molecular weight is 415 g/mol. The van der Waals surface area contributed by atoms with Crippen LogP contribution >= 0.6 is 0 Å². The molecule has 0 atom stereocenters. The summed E-state index contributed by atoms with van der Waals surface area (Å²) in [4.78, 5) is 37.7. The maximum atomic E-state index is 13.3. The SMILES string of the molecule is CN1CCN(c2ccc(CN3C(=O)C4(CC4)n4c3nc3ccccc3c4=O)cc2)CC1. The van der Waals surface area contributed by atoms with Crippen LogP contribution in [0.5, 0.6) is 0 Å². The van der Waals surface area contributed by atoms with Crippen LogP contribution < -0.4 is 15.4 Å². The number of carbonyl (C=O) groups is 1. The third-order valence-corrected chi connectivity index (χ3v) is 6.94. The maximum absolute atomic E-state index is 13.3. The molecule has 0 bridgehead atoms. The van der Waals surface area contributed by atoms with Gasteiger partial charge < -0.3 is 9.80 Å². The molecule has 2 aliphatic heterocycles. The fraction of sp³-hybridized carbons (Fsp3) is 0.375. The van der Waals surface area contributed by atoms with Crippen molar-refractivity contribution in [1.82, 2.24) is 14.5 Å². The fourth-order valence-corrected chi connectivity index (χ4v) is 4.88. The first-order chi connectivity index (χ1) is 15.1. The second-order valence-corrected chi connectivity index (χ2v) is 8.95. The Hall–Kier alpha value is -3.19. The lowest BCUT2D eigenvalue weighted by Gasteiger charge is -2.34. The van der Waals surface area contributed by atoms with E-state index in [1.165, 1.54) is 5.69 Å². The smallest absolute Gasteiger partial charge is 0.263 e. The first kappa shape index (κ1) is 18.6. The normalized spacial score (nSPS) is 20.0. The number of para-hydroxylation sites is 1. The Labute approximate surface area is 180 Å². The molecule has 1 amide bonds. The van der Waals surface area contributed by atoms with E-state index in [2.05, 4.69) is 41.1 Å². The van der Waals surface area contributed by atoms with E-state index in [4.69, 9.17) is 4.98 Å². The van der Waals surface area contributed by atoms with Gasteiger partial charge in [-0.15, -0.1) is 0 Å². The van der Waals surface area contributed by atoms with Gasteiger partial charge in [-0.3, -0.25) is 19.1 Å². The average Bonchev–Trinajstić information content (AvgIpc) is 3.56. The zero-order chi connectivity index (χ0) is 21.2. The molecular formula is C24H25N5O2. The second-order valence-electron chi connectivity index (χ2n) is 8.95. The van der Waals surface area contributed by atoms with E-state index in [1.54, 1.807) is 15.5 Å². The number of amides is 1. The van der Waals surface area contributed by atoms with Crippen LogP contribution in [0.4, 0.5) is 11.6 Å². The summed E-state index contributed by atoms with van der Waals surface area (Å²) in [6, 6.07) is 15.8. The molecule has 3 aliphatic rings. The molecule has 1 saturated heterocycles. The molecule has 1 saturated carbocycles. The van der Waals surface area contributed by atoms with Gasteiger partial charge in [-0.25, -0.2) is 4.98 Å². The number of benzene rings is 2. The Morgan fingerprint density at radius 1 is 0.935 bits per heavy atom. The van der Waals surface area contributed by atoms with Crippen LogP contribution in [-0.2, 0) is 16.9 Å². The molecule has 7 heteroatoms. The molecule has 6 rings (SSSR count). The van der Waals surface area contributed by atoms with Gasteiger partial charge in [0, 0.05) is 31.9 Å². The first-order valence-electron chi connectivity index (χ1n) is 10.9. The zero-order valence-corrected chi connectivity index (χ0v) is 17.6. The summed E-state index contributed by atoms with van der Waals surface area (Å²) in [6.45, 7) is 4.61. The monoisotopic (exact) mass is 415 g/mol. The highest BCUT2D eigenvalue weighted by Crippen LogP contribution is 2.51. The van der Waals surface area contributed by atoms with Crippen LogP contribution in [0.2, 0.25) is 0 Å². The number of rotatable bonds is 3. The minimum absolute atomic E-state index is 0.00412. The van der Waals surface area contributed by atoms with Crippen LogP contribution in [-0.4, -0.2) is 53.6 Å². The van der Waals surface area contributed by atoms with Crippen molar-refractivity contribution in [1.29, 1.82) is 0 Å².